The topological polar surface area (TPSA) is 61.4 Å². The number of nitrogens with zero attached hydrogens (tertiary/aromatic N) is 2. The molecule has 5 nitrogen and oxygen atoms in total. The highest BCUT2D eigenvalue weighted by molar-refractivity contribution is 5.22. The minimum atomic E-state index is -0.552. The molecular formula is C17H22FN3O2. The Balaban J connectivity index is 1.39. The maximum absolute atomic E-state index is 12.8. The van der Waals surface area contributed by atoms with Gasteiger partial charge in [-0.15, -0.1) is 0 Å². The number of halogens is 1. The fourth-order valence-corrected chi connectivity index (χ4v) is 2.99. The van der Waals surface area contributed by atoms with Crippen LogP contribution in [0.15, 0.2) is 36.5 Å². The molecule has 0 spiro atoms. The van der Waals surface area contributed by atoms with Crippen LogP contribution < -0.4 is 4.74 Å². The number of β-amino-alcohol motifs (C(OH)–C–C–N with tert-alkyl or cyclic N) is 1. The molecule has 124 valence electrons. The zero-order valence-corrected chi connectivity index (χ0v) is 13.0. The van der Waals surface area contributed by atoms with Crippen molar-refractivity contribution in [2.45, 2.75) is 24.9 Å². The maximum Gasteiger partial charge on any atom is 0.123 e. The number of ether oxygens (including phenoxy) is 1. The number of aromatic amines is 1. The molecule has 0 unspecified atom stereocenters. The lowest BCUT2D eigenvalue weighted by molar-refractivity contribution is 0.0592. The van der Waals surface area contributed by atoms with E-state index in [2.05, 4.69) is 15.1 Å². The van der Waals surface area contributed by atoms with Crippen LogP contribution in [0, 0.1) is 5.82 Å². The first-order valence-corrected chi connectivity index (χ1v) is 7.99. The lowest BCUT2D eigenvalue weighted by Gasteiger charge is -2.32. The van der Waals surface area contributed by atoms with Gasteiger partial charge in [0.25, 0.3) is 0 Å². The lowest BCUT2D eigenvalue weighted by atomic mass is 9.93. The van der Waals surface area contributed by atoms with Gasteiger partial charge in [0.2, 0.25) is 0 Å². The molecule has 3 rings (SSSR count). The first-order valence-electron chi connectivity index (χ1n) is 7.99. The molecule has 1 aliphatic heterocycles. The predicted molar refractivity (Wildman–Crippen MR) is 84.9 cm³/mol. The minimum Gasteiger partial charge on any atom is -0.491 e. The van der Waals surface area contributed by atoms with Gasteiger partial charge in [0.05, 0.1) is 0 Å². The second-order valence-electron chi connectivity index (χ2n) is 6.01. The smallest absolute Gasteiger partial charge is 0.123 e. The summed E-state index contributed by atoms with van der Waals surface area (Å²) in [5, 5.41) is 17.2. The van der Waals surface area contributed by atoms with Crippen molar-refractivity contribution in [3.63, 3.8) is 0 Å². The SMILES string of the molecule is O[C@H](COc1ccc(F)cc1)CN1CCC(c2ccn[nH]2)CC1. The molecule has 23 heavy (non-hydrogen) atoms. The third-order valence-corrected chi connectivity index (χ3v) is 4.27. The van der Waals surface area contributed by atoms with Gasteiger partial charge in [-0.1, -0.05) is 0 Å². The highest BCUT2D eigenvalue weighted by Gasteiger charge is 2.23. The van der Waals surface area contributed by atoms with E-state index in [1.54, 1.807) is 18.3 Å². The lowest BCUT2D eigenvalue weighted by Crippen LogP contribution is -2.40. The fourth-order valence-electron chi connectivity index (χ4n) is 2.99. The summed E-state index contributed by atoms with van der Waals surface area (Å²) in [6.45, 7) is 2.72. The number of aromatic nitrogens is 2. The van der Waals surface area contributed by atoms with Gasteiger partial charge in [0, 0.05) is 24.4 Å². The zero-order valence-electron chi connectivity index (χ0n) is 13.0. The molecule has 1 aromatic carbocycles. The van der Waals surface area contributed by atoms with E-state index in [9.17, 15) is 9.50 Å². The molecule has 1 saturated heterocycles. The number of piperidine rings is 1. The average molecular weight is 319 g/mol. The second kappa shape index (κ2) is 7.57. The van der Waals surface area contributed by atoms with Gasteiger partial charge >= 0.3 is 0 Å². The van der Waals surface area contributed by atoms with Gasteiger partial charge in [-0.2, -0.15) is 5.10 Å². The van der Waals surface area contributed by atoms with Crippen LogP contribution in [0.1, 0.15) is 24.5 Å². The number of rotatable bonds is 6. The molecular weight excluding hydrogens is 297 g/mol. The van der Waals surface area contributed by atoms with Crippen LogP contribution >= 0.6 is 0 Å². The maximum atomic E-state index is 12.8. The van der Waals surface area contributed by atoms with Gasteiger partial charge < -0.3 is 14.7 Å². The predicted octanol–water partition coefficient (Wildman–Crippen LogP) is 2.17. The van der Waals surface area contributed by atoms with Gasteiger partial charge in [-0.05, 0) is 56.3 Å². The molecule has 1 aromatic heterocycles. The third kappa shape index (κ3) is 4.53. The van der Waals surface area contributed by atoms with Crippen molar-refractivity contribution < 1.29 is 14.2 Å². The van der Waals surface area contributed by atoms with Crippen molar-refractivity contribution in [3.8, 4) is 5.75 Å². The Morgan fingerprint density at radius 3 is 2.65 bits per heavy atom. The number of hydrogen-bond acceptors (Lipinski definition) is 4. The quantitative estimate of drug-likeness (QED) is 0.857. The number of aliphatic hydroxyl groups is 1. The van der Waals surface area contributed by atoms with Gasteiger partial charge in [0.15, 0.2) is 0 Å². The summed E-state index contributed by atoms with van der Waals surface area (Å²) in [7, 11) is 0. The molecule has 2 N–H and O–H groups in total. The van der Waals surface area contributed by atoms with Crippen LogP contribution in [0.5, 0.6) is 5.75 Å². The van der Waals surface area contributed by atoms with Crippen molar-refractivity contribution in [2.75, 3.05) is 26.2 Å². The molecule has 2 aromatic rings. The van der Waals surface area contributed by atoms with E-state index in [1.807, 2.05) is 6.07 Å². The summed E-state index contributed by atoms with van der Waals surface area (Å²) in [5.41, 5.74) is 1.20. The third-order valence-electron chi connectivity index (χ3n) is 4.27. The Morgan fingerprint density at radius 2 is 2.00 bits per heavy atom. The summed E-state index contributed by atoms with van der Waals surface area (Å²) in [6, 6.07) is 7.87. The summed E-state index contributed by atoms with van der Waals surface area (Å²) < 4.78 is 18.3. The van der Waals surface area contributed by atoms with E-state index in [0.29, 0.717) is 18.2 Å². The summed E-state index contributed by atoms with van der Waals surface area (Å²) >= 11 is 0. The van der Waals surface area contributed by atoms with Gasteiger partial charge in [0.1, 0.15) is 24.3 Å². The molecule has 1 atom stereocenters. The van der Waals surface area contributed by atoms with E-state index in [4.69, 9.17) is 4.74 Å². The van der Waals surface area contributed by atoms with Crippen LogP contribution in [0.3, 0.4) is 0 Å². The molecule has 0 amide bonds. The monoisotopic (exact) mass is 319 g/mol. The number of likely N-dealkylation sites (tertiary alicyclic amines) is 1. The molecule has 0 aliphatic carbocycles. The molecule has 0 radical (unpaired) electrons. The second-order valence-corrected chi connectivity index (χ2v) is 6.01. The van der Waals surface area contributed by atoms with Crippen molar-refractivity contribution in [2.24, 2.45) is 0 Å². The Hall–Kier alpha value is -1.92. The van der Waals surface area contributed by atoms with Crippen molar-refractivity contribution in [1.82, 2.24) is 15.1 Å². The van der Waals surface area contributed by atoms with E-state index in [0.717, 1.165) is 25.9 Å². The number of nitrogens with one attached hydrogen (secondary N) is 1. The van der Waals surface area contributed by atoms with E-state index in [1.165, 1.54) is 17.8 Å². The standard InChI is InChI=1S/C17H22FN3O2/c18-14-1-3-16(4-2-14)23-12-15(22)11-21-9-6-13(7-10-21)17-5-8-19-20-17/h1-5,8,13,15,22H,6-7,9-12H2,(H,19,20)/t15-/m0/s1. The summed E-state index contributed by atoms with van der Waals surface area (Å²) in [5.74, 6) is 0.808. The Morgan fingerprint density at radius 1 is 1.26 bits per heavy atom. The summed E-state index contributed by atoms with van der Waals surface area (Å²) in [6.07, 6.45) is 3.36. The van der Waals surface area contributed by atoms with Crippen LogP contribution in [0.2, 0.25) is 0 Å². The van der Waals surface area contributed by atoms with Crippen molar-refractivity contribution in [3.05, 3.63) is 48.0 Å². The van der Waals surface area contributed by atoms with E-state index < -0.39 is 6.10 Å². The molecule has 1 fully saturated rings. The molecule has 2 heterocycles. The minimum absolute atomic E-state index is 0.214. The van der Waals surface area contributed by atoms with Gasteiger partial charge in [-0.3, -0.25) is 5.10 Å². The van der Waals surface area contributed by atoms with Gasteiger partial charge in [-0.25, -0.2) is 4.39 Å². The summed E-state index contributed by atoms with van der Waals surface area (Å²) in [4.78, 5) is 2.26. The highest BCUT2D eigenvalue weighted by atomic mass is 19.1. The number of aliphatic hydroxyl groups excluding tert-OH is 1. The fraction of sp³-hybridized carbons (Fsp3) is 0.471. The molecule has 0 saturated carbocycles. The first-order chi connectivity index (χ1) is 11.2. The van der Waals surface area contributed by atoms with Crippen LogP contribution in [0.25, 0.3) is 0 Å². The van der Waals surface area contributed by atoms with Crippen molar-refractivity contribution in [1.29, 1.82) is 0 Å². The largest absolute Gasteiger partial charge is 0.491 e. The van der Waals surface area contributed by atoms with E-state index in [-0.39, 0.29) is 12.4 Å². The Labute approximate surface area is 135 Å². The first kappa shape index (κ1) is 16.0. The van der Waals surface area contributed by atoms with Crippen LogP contribution in [-0.2, 0) is 0 Å². The molecule has 0 bridgehead atoms. The van der Waals surface area contributed by atoms with Crippen LogP contribution in [0.4, 0.5) is 4.39 Å². The van der Waals surface area contributed by atoms with Crippen LogP contribution in [-0.4, -0.2) is 52.5 Å². The Kier molecular flexibility index (Phi) is 5.25. The number of H-pyrrole nitrogens is 1. The van der Waals surface area contributed by atoms with Crippen molar-refractivity contribution >= 4 is 0 Å². The average Bonchev–Trinajstić information content (AvgIpc) is 3.09. The molecule has 1 aliphatic rings. The zero-order chi connectivity index (χ0) is 16.1. The highest BCUT2D eigenvalue weighted by Crippen LogP contribution is 2.26. The number of benzene rings is 1. The molecule has 6 heteroatoms. The Bertz CT molecular complexity index is 580. The van der Waals surface area contributed by atoms with E-state index >= 15 is 0 Å². The number of hydrogen-bond donors (Lipinski definition) is 2. The normalized spacial score (nSPS) is 18.0.